The molecule has 4 nitrogen and oxygen atoms in total. The van der Waals surface area contributed by atoms with Crippen LogP contribution in [0.4, 0.5) is 11.4 Å². The van der Waals surface area contributed by atoms with E-state index in [-0.39, 0.29) is 0 Å². The van der Waals surface area contributed by atoms with E-state index in [0.29, 0.717) is 18.5 Å². The Hall–Kier alpha value is -1.30. The normalized spacial score (nSPS) is 21.2. The van der Waals surface area contributed by atoms with Gasteiger partial charge in [-0.2, -0.15) is 0 Å². The number of benzene rings is 2. The Kier molecular flexibility index (Phi) is 4.37. The molecule has 2 aromatic carbocycles. The van der Waals surface area contributed by atoms with E-state index in [1.807, 2.05) is 36.4 Å². The van der Waals surface area contributed by atoms with Gasteiger partial charge in [0.1, 0.15) is 0 Å². The first kappa shape index (κ1) is 17.8. The van der Waals surface area contributed by atoms with Crippen LogP contribution in [0.1, 0.15) is 11.1 Å². The summed E-state index contributed by atoms with van der Waals surface area (Å²) < 4.78 is 5.33. The van der Waals surface area contributed by atoms with Crippen molar-refractivity contribution in [2.24, 2.45) is 5.41 Å². The first-order chi connectivity index (χ1) is 13.0. The maximum Gasteiger partial charge on any atom is 0.0845 e. The Morgan fingerprint density at radius 3 is 2.07 bits per heavy atom. The number of hydrogen-bond donors (Lipinski definition) is 1. The van der Waals surface area contributed by atoms with Gasteiger partial charge in [-0.15, -0.1) is 0 Å². The molecule has 0 radical (unpaired) electrons. The minimum Gasteiger partial charge on any atom is -0.390 e. The van der Waals surface area contributed by atoms with Crippen molar-refractivity contribution in [1.29, 1.82) is 0 Å². The monoisotopic (exact) mass is 404 g/mol. The first-order valence-corrected chi connectivity index (χ1v) is 10.1. The second-order valence-corrected chi connectivity index (χ2v) is 9.02. The van der Waals surface area contributed by atoms with E-state index in [2.05, 4.69) is 9.80 Å². The van der Waals surface area contributed by atoms with Crippen LogP contribution in [0, 0.1) is 5.41 Å². The van der Waals surface area contributed by atoms with Crippen molar-refractivity contribution in [1.82, 2.24) is 4.90 Å². The molecule has 0 amide bonds. The zero-order valence-corrected chi connectivity index (χ0v) is 16.5. The summed E-state index contributed by atoms with van der Waals surface area (Å²) in [7, 11) is 0. The molecule has 0 bridgehead atoms. The second-order valence-electron chi connectivity index (χ2n) is 8.15. The number of anilines is 2. The summed E-state index contributed by atoms with van der Waals surface area (Å²) in [5, 5.41) is 12.3. The first-order valence-electron chi connectivity index (χ1n) is 9.34. The summed E-state index contributed by atoms with van der Waals surface area (Å²) in [5.41, 5.74) is 4.93. The van der Waals surface area contributed by atoms with Crippen molar-refractivity contribution in [3.63, 3.8) is 0 Å². The zero-order chi connectivity index (χ0) is 18.6. The third-order valence-electron chi connectivity index (χ3n) is 5.84. The van der Waals surface area contributed by atoms with Gasteiger partial charge in [0.2, 0.25) is 0 Å². The number of ether oxygens (including phenoxy) is 1. The lowest BCUT2D eigenvalue weighted by atomic mass is 9.78. The van der Waals surface area contributed by atoms with E-state index in [4.69, 9.17) is 27.9 Å². The van der Waals surface area contributed by atoms with Crippen LogP contribution in [-0.2, 0) is 11.2 Å². The summed E-state index contributed by atoms with van der Waals surface area (Å²) >= 11 is 12.4. The average molecular weight is 405 g/mol. The highest BCUT2D eigenvalue weighted by Gasteiger charge is 2.49. The van der Waals surface area contributed by atoms with Crippen molar-refractivity contribution in [2.75, 3.05) is 44.3 Å². The molecule has 142 valence electrons. The fourth-order valence-corrected chi connectivity index (χ4v) is 5.01. The number of aliphatic hydroxyl groups excluding tert-OH is 1. The van der Waals surface area contributed by atoms with E-state index < -0.39 is 6.10 Å². The van der Waals surface area contributed by atoms with E-state index in [0.717, 1.165) is 54.1 Å². The molecule has 0 saturated carbocycles. The molecule has 5 rings (SSSR count). The Morgan fingerprint density at radius 2 is 1.56 bits per heavy atom. The van der Waals surface area contributed by atoms with Crippen molar-refractivity contribution < 1.29 is 9.84 Å². The van der Waals surface area contributed by atoms with E-state index in [1.165, 1.54) is 11.1 Å². The van der Waals surface area contributed by atoms with Crippen LogP contribution >= 0.6 is 23.2 Å². The number of rotatable bonds is 4. The van der Waals surface area contributed by atoms with Gasteiger partial charge in [-0.05, 0) is 47.5 Å². The molecule has 3 heterocycles. The highest BCUT2D eigenvalue weighted by Crippen LogP contribution is 2.41. The molecule has 1 unspecified atom stereocenters. The van der Waals surface area contributed by atoms with Crippen molar-refractivity contribution in [2.45, 2.75) is 12.5 Å². The van der Waals surface area contributed by atoms with Gasteiger partial charge >= 0.3 is 0 Å². The van der Waals surface area contributed by atoms with Gasteiger partial charge in [0, 0.05) is 52.9 Å². The van der Waals surface area contributed by atoms with E-state index >= 15 is 0 Å². The maximum atomic E-state index is 10.8. The number of aliphatic hydroxyl groups is 1. The molecule has 2 fully saturated rings. The molecule has 1 spiro atoms. The minimum atomic E-state index is -0.437. The lowest BCUT2D eigenvalue weighted by Gasteiger charge is -2.55. The zero-order valence-electron chi connectivity index (χ0n) is 15.0. The van der Waals surface area contributed by atoms with Crippen LogP contribution < -0.4 is 4.90 Å². The quantitative estimate of drug-likeness (QED) is 0.841. The fourth-order valence-electron chi connectivity index (χ4n) is 4.62. The van der Waals surface area contributed by atoms with Crippen LogP contribution in [0.3, 0.4) is 0 Å². The summed E-state index contributed by atoms with van der Waals surface area (Å²) in [6.07, 6.45) is 0.362. The molecule has 1 atom stereocenters. The van der Waals surface area contributed by atoms with Crippen LogP contribution in [-0.4, -0.2) is 55.5 Å². The Balaban J connectivity index is 1.36. The van der Waals surface area contributed by atoms with Gasteiger partial charge in [0.15, 0.2) is 0 Å². The lowest BCUT2D eigenvalue weighted by molar-refractivity contribution is -0.192. The average Bonchev–Trinajstić information content (AvgIpc) is 2.55. The third kappa shape index (κ3) is 3.24. The number of nitrogens with zero attached hydrogens (tertiary/aromatic N) is 2. The molecular weight excluding hydrogens is 383 g/mol. The lowest BCUT2D eigenvalue weighted by Crippen LogP contribution is -2.67. The molecule has 3 aliphatic heterocycles. The van der Waals surface area contributed by atoms with Crippen molar-refractivity contribution >= 4 is 34.6 Å². The van der Waals surface area contributed by atoms with Crippen molar-refractivity contribution in [3.8, 4) is 0 Å². The molecule has 0 aromatic heterocycles. The molecule has 1 N–H and O–H groups in total. The van der Waals surface area contributed by atoms with Gasteiger partial charge in [-0.3, -0.25) is 4.90 Å². The highest BCUT2D eigenvalue weighted by molar-refractivity contribution is 6.31. The third-order valence-corrected chi connectivity index (χ3v) is 6.31. The summed E-state index contributed by atoms with van der Waals surface area (Å²) in [4.78, 5) is 4.52. The smallest absolute Gasteiger partial charge is 0.0845 e. The van der Waals surface area contributed by atoms with Gasteiger partial charge in [0.05, 0.1) is 25.9 Å². The largest absolute Gasteiger partial charge is 0.390 e. The van der Waals surface area contributed by atoms with Crippen molar-refractivity contribution in [3.05, 3.63) is 57.6 Å². The number of β-amino-alcohol motifs (C(OH)–C–C–N with tert-alkyl or cyclic N) is 1. The Morgan fingerprint density at radius 1 is 0.963 bits per heavy atom. The molecule has 2 saturated heterocycles. The number of fused-ring (bicyclic) bond motifs is 2. The number of halogens is 2. The minimum absolute atomic E-state index is 0.373. The Labute approximate surface area is 169 Å². The molecule has 27 heavy (non-hydrogen) atoms. The molecule has 6 heteroatoms. The second kappa shape index (κ2) is 6.64. The highest BCUT2D eigenvalue weighted by atomic mass is 35.5. The summed E-state index contributed by atoms with van der Waals surface area (Å²) in [6, 6.07) is 11.9. The molecular formula is C21H22Cl2N2O2. The predicted octanol–water partition coefficient (Wildman–Crippen LogP) is 3.73. The summed E-state index contributed by atoms with van der Waals surface area (Å²) in [5.74, 6) is 0. The fraction of sp³-hybridized carbons (Fsp3) is 0.429. The number of likely N-dealkylation sites (tertiary alicyclic amines) is 1. The number of hydrogen-bond acceptors (Lipinski definition) is 4. The van der Waals surface area contributed by atoms with Crippen LogP contribution in [0.15, 0.2) is 36.4 Å². The standard InChI is InChI=1S/C21H22Cl2N2O2/c22-16-1-3-19-14(6-16)5-15-7-17(23)2-4-20(15)25(19)9-18(26)8-24-10-21(11-24)12-27-13-21/h1-4,6-7,18,26H,5,8-13H2. The maximum absolute atomic E-state index is 10.8. The van der Waals surface area contributed by atoms with E-state index in [9.17, 15) is 5.11 Å². The van der Waals surface area contributed by atoms with Gasteiger partial charge in [-0.1, -0.05) is 23.2 Å². The van der Waals surface area contributed by atoms with Gasteiger partial charge < -0.3 is 14.7 Å². The predicted molar refractivity (Wildman–Crippen MR) is 108 cm³/mol. The van der Waals surface area contributed by atoms with E-state index in [1.54, 1.807) is 0 Å². The molecule has 0 aliphatic carbocycles. The van der Waals surface area contributed by atoms with Crippen LogP contribution in [0.2, 0.25) is 10.0 Å². The molecule has 2 aromatic rings. The molecule has 3 aliphatic rings. The van der Waals surface area contributed by atoms with Crippen LogP contribution in [0.25, 0.3) is 0 Å². The van der Waals surface area contributed by atoms with Gasteiger partial charge in [0.25, 0.3) is 0 Å². The van der Waals surface area contributed by atoms with Crippen LogP contribution in [0.5, 0.6) is 0 Å². The van der Waals surface area contributed by atoms with Gasteiger partial charge in [-0.25, -0.2) is 0 Å². The Bertz CT molecular complexity index is 825. The SMILES string of the molecule is OC(CN1CC2(COC2)C1)CN1c2ccc(Cl)cc2Cc2cc(Cl)ccc21. The topological polar surface area (TPSA) is 35.9 Å². The summed E-state index contributed by atoms with van der Waals surface area (Å²) in [6.45, 7) is 5.03.